The number of nitrogens with zero attached hydrogens (tertiary/aromatic N) is 1. The van der Waals surface area contributed by atoms with E-state index in [0.717, 1.165) is 13.0 Å². The van der Waals surface area contributed by atoms with E-state index in [4.69, 9.17) is 11.5 Å². The second-order valence-electron chi connectivity index (χ2n) is 2.63. The lowest BCUT2D eigenvalue weighted by atomic mass is 10.3. The molecule has 0 aliphatic heterocycles. The van der Waals surface area contributed by atoms with Gasteiger partial charge in [0.05, 0.1) is 17.6 Å². The van der Waals surface area contributed by atoms with E-state index < -0.39 is 0 Å². The summed E-state index contributed by atoms with van der Waals surface area (Å²) < 4.78 is 0. The predicted molar refractivity (Wildman–Crippen MR) is 51.8 cm³/mol. The van der Waals surface area contributed by atoms with Gasteiger partial charge in [-0.3, -0.25) is 0 Å². The van der Waals surface area contributed by atoms with Crippen molar-refractivity contribution in [3.63, 3.8) is 0 Å². The Balaban J connectivity index is 2.72. The summed E-state index contributed by atoms with van der Waals surface area (Å²) in [6.07, 6.45) is 2.64. The van der Waals surface area contributed by atoms with Crippen LogP contribution in [0.3, 0.4) is 0 Å². The number of nitrogens with one attached hydrogen (secondary N) is 1. The van der Waals surface area contributed by atoms with Crippen molar-refractivity contribution in [2.45, 2.75) is 13.3 Å². The molecule has 0 unspecified atom stereocenters. The minimum absolute atomic E-state index is 0.592. The van der Waals surface area contributed by atoms with Gasteiger partial charge >= 0.3 is 0 Å². The zero-order valence-electron chi connectivity index (χ0n) is 7.17. The van der Waals surface area contributed by atoms with Crippen LogP contribution in [0.2, 0.25) is 0 Å². The molecule has 4 heteroatoms. The Morgan fingerprint density at radius 2 is 2.25 bits per heavy atom. The molecule has 0 aromatic carbocycles. The van der Waals surface area contributed by atoms with Crippen LogP contribution >= 0.6 is 0 Å². The molecule has 0 aliphatic carbocycles. The highest BCUT2D eigenvalue weighted by Gasteiger charge is 1.98. The lowest BCUT2D eigenvalue weighted by Gasteiger charge is -2.06. The van der Waals surface area contributed by atoms with Crippen LogP contribution in [0.1, 0.15) is 13.3 Å². The standard InChI is InChI=1S/C8H14N4/c1-2-3-11-8-7(10)4-6(9)5-12-8/h4-5H,2-3,9-10H2,1H3,(H,11,12). The molecule has 0 aliphatic rings. The average molecular weight is 166 g/mol. The minimum Gasteiger partial charge on any atom is -0.397 e. The highest BCUT2D eigenvalue weighted by Crippen LogP contribution is 2.16. The number of hydrogen-bond donors (Lipinski definition) is 3. The number of nitrogens with two attached hydrogens (primary N) is 2. The van der Waals surface area contributed by atoms with Crippen molar-refractivity contribution in [2.24, 2.45) is 0 Å². The van der Waals surface area contributed by atoms with Crippen LogP contribution in [0.25, 0.3) is 0 Å². The number of anilines is 3. The van der Waals surface area contributed by atoms with E-state index in [2.05, 4.69) is 17.2 Å². The summed E-state index contributed by atoms with van der Waals surface area (Å²) in [6, 6.07) is 1.70. The summed E-state index contributed by atoms with van der Waals surface area (Å²) in [5.74, 6) is 0.714. The Morgan fingerprint density at radius 1 is 1.50 bits per heavy atom. The summed E-state index contributed by atoms with van der Waals surface area (Å²) in [5.41, 5.74) is 12.3. The first-order valence-electron chi connectivity index (χ1n) is 3.99. The Morgan fingerprint density at radius 3 is 2.83 bits per heavy atom. The molecule has 1 aromatic heterocycles. The second-order valence-corrected chi connectivity index (χ2v) is 2.63. The molecule has 0 fully saturated rings. The van der Waals surface area contributed by atoms with Gasteiger partial charge in [0.2, 0.25) is 0 Å². The molecule has 0 atom stereocenters. The van der Waals surface area contributed by atoms with Crippen molar-refractivity contribution in [3.05, 3.63) is 12.3 Å². The van der Waals surface area contributed by atoms with Gasteiger partial charge in [-0.15, -0.1) is 0 Å². The monoisotopic (exact) mass is 166 g/mol. The third kappa shape index (κ3) is 2.02. The molecular formula is C8H14N4. The van der Waals surface area contributed by atoms with Gasteiger partial charge in [-0.05, 0) is 12.5 Å². The normalized spacial score (nSPS) is 9.75. The van der Waals surface area contributed by atoms with E-state index >= 15 is 0 Å². The van der Waals surface area contributed by atoms with E-state index in [1.807, 2.05) is 0 Å². The first kappa shape index (κ1) is 8.64. The van der Waals surface area contributed by atoms with Gasteiger partial charge in [0.25, 0.3) is 0 Å². The number of aromatic nitrogens is 1. The maximum atomic E-state index is 5.66. The van der Waals surface area contributed by atoms with Crippen LogP contribution in [0.4, 0.5) is 17.2 Å². The fourth-order valence-electron chi connectivity index (χ4n) is 0.890. The number of hydrogen-bond acceptors (Lipinski definition) is 4. The number of rotatable bonds is 3. The van der Waals surface area contributed by atoms with Crippen LogP contribution in [0.5, 0.6) is 0 Å². The SMILES string of the molecule is CCCNc1ncc(N)cc1N. The lowest BCUT2D eigenvalue weighted by Crippen LogP contribution is -2.05. The fourth-order valence-corrected chi connectivity index (χ4v) is 0.890. The molecule has 12 heavy (non-hydrogen) atoms. The van der Waals surface area contributed by atoms with Gasteiger partial charge in [0, 0.05) is 6.54 Å². The first-order valence-corrected chi connectivity index (χ1v) is 3.99. The van der Waals surface area contributed by atoms with Gasteiger partial charge in [-0.25, -0.2) is 4.98 Å². The molecule has 1 heterocycles. The van der Waals surface area contributed by atoms with Crippen LogP contribution in [0.15, 0.2) is 12.3 Å². The molecule has 66 valence electrons. The van der Waals surface area contributed by atoms with Crippen molar-refractivity contribution >= 4 is 17.2 Å². The molecule has 5 N–H and O–H groups in total. The Bertz CT molecular complexity index is 259. The highest BCUT2D eigenvalue weighted by molar-refractivity contribution is 5.65. The highest BCUT2D eigenvalue weighted by atomic mass is 15.0. The van der Waals surface area contributed by atoms with Gasteiger partial charge in [-0.2, -0.15) is 0 Å². The van der Waals surface area contributed by atoms with Gasteiger partial charge in [-0.1, -0.05) is 6.92 Å². The van der Waals surface area contributed by atoms with E-state index in [-0.39, 0.29) is 0 Å². The minimum atomic E-state index is 0.592. The molecule has 0 saturated heterocycles. The topological polar surface area (TPSA) is 77.0 Å². The summed E-state index contributed by atoms with van der Waals surface area (Å²) in [5, 5.41) is 3.10. The number of nitrogen functional groups attached to an aromatic ring is 2. The van der Waals surface area contributed by atoms with E-state index in [1.54, 1.807) is 12.3 Å². The van der Waals surface area contributed by atoms with Crippen LogP contribution in [-0.2, 0) is 0 Å². The predicted octanol–water partition coefficient (Wildman–Crippen LogP) is 1.07. The quantitative estimate of drug-likeness (QED) is 0.627. The van der Waals surface area contributed by atoms with E-state index in [9.17, 15) is 0 Å². The third-order valence-electron chi connectivity index (χ3n) is 1.48. The van der Waals surface area contributed by atoms with Crippen LogP contribution in [-0.4, -0.2) is 11.5 Å². The third-order valence-corrected chi connectivity index (χ3v) is 1.48. The lowest BCUT2D eigenvalue weighted by molar-refractivity contribution is 0.970. The van der Waals surface area contributed by atoms with Crippen molar-refractivity contribution in [3.8, 4) is 0 Å². The smallest absolute Gasteiger partial charge is 0.149 e. The van der Waals surface area contributed by atoms with Crippen molar-refractivity contribution in [1.29, 1.82) is 0 Å². The molecule has 0 amide bonds. The molecular weight excluding hydrogens is 152 g/mol. The zero-order chi connectivity index (χ0) is 8.97. The Labute approximate surface area is 72.0 Å². The summed E-state index contributed by atoms with van der Waals surface area (Å²) in [7, 11) is 0. The molecule has 4 nitrogen and oxygen atoms in total. The maximum Gasteiger partial charge on any atom is 0.149 e. The van der Waals surface area contributed by atoms with Crippen LogP contribution in [0, 0.1) is 0 Å². The average Bonchev–Trinajstić information content (AvgIpc) is 2.03. The van der Waals surface area contributed by atoms with Crippen molar-refractivity contribution < 1.29 is 0 Å². The van der Waals surface area contributed by atoms with E-state index in [0.29, 0.717) is 17.2 Å². The maximum absolute atomic E-state index is 5.66. The van der Waals surface area contributed by atoms with Gasteiger partial charge in [0.15, 0.2) is 0 Å². The Kier molecular flexibility index (Phi) is 2.74. The Hall–Kier alpha value is -1.45. The molecule has 0 bridgehead atoms. The fraction of sp³-hybridized carbons (Fsp3) is 0.375. The summed E-state index contributed by atoms with van der Waals surface area (Å²) in [6.45, 7) is 2.96. The molecule has 1 rings (SSSR count). The van der Waals surface area contributed by atoms with Crippen molar-refractivity contribution in [1.82, 2.24) is 4.98 Å². The zero-order valence-corrected chi connectivity index (χ0v) is 7.17. The van der Waals surface area contributed by atoms with Crippen LogP contribution < -0.4 is 16.8 Å². The first-order chi connectivity index (χ1) is 5.74. The van der Waals surface area contributed by atoms with Gasteiger partial charge < -0.3 is 16.8 Å². The van der Waals surface area contributed by atoms with E-state index in [1.165, 1.54) is 0 Å². The summed E-state index contributed by atoms with van der Waals surface area (Å²) >= 11 is 0. The van der Waals surface area contributed by atoms with Crippen molar-refractivity contribution in [2.75, 3.05) is 23.3 Å². The second kappa shape index (κ2) is 3.80. The molecule has 0 saturated carbocycles. The largest absolute Gasteiger partial charge is 0.397 e. The van der Waals surface area contributed by atoms with Gasteiger partial charge in [0.1, 0.15) is 5.82 Å². The molecule has 0 spiro atoms. The molecule has 1 aromatic rings. The number of pyridine rings is 1. The molecule has 0 radical (unpaired) electrons. The summed E-state index contributed by atoms with van der Waals surface area (Å²) in [4.78, 5) is 4.05.